The van der Waals surface area contributed by atoms with Crippen LogP contribution in [0.3, 0.4) is 0 Å². The number of rotatable bonds is 4. The van der Waals surface area contributed by atoms with Gasteiger partial charge in [-0.1, -0.05) is 0 Å². The van der Waals surface area contributed by atoms with E-state index in [0.29, 0.717) is 0 Å². The largest absolute Gasteiger partial charge is 0.468 e. The molecule has 0 bridgehead atoms. The van der Waals surface area contributed by atoms with Gasteiger partial charge in [0.15, 0.2) is 11.6 Å². The summed E-state index contributed by atoms with van der Waals surface area (Å²) in [6, 6.07) is 3.51. The van der Waals surface area contributed by atoms with Crippen molar-refractivity contribution in [2.45, 2.75) is 6.92 Å². The monoisotopic (exact) mass is 254 g/mol. The third-order valence-corrected chi connectivity index (χ3v) is 2.39. The summed E-state index contributed by atoms with van der Waals surface area (Å²) in [5.41, 5.74) is -0.440. The van der Waals surface area contributed by atoms with Crippen LogP contribution in [0.5, 0.6) is 0 Å². The molecule has 0 aromatic heterocycles. The number of ether oxygens (including phenoxy) is 1. The summed E-state index contributed by atoms with van der Waals surface area (Å²) in [7, 11) is 1.20. The van der Waals surface area contributed by atoms with E-state index in [-0.39, 0.29) is 24.3 Å². The van der Waals surface area contributed by atoms with Crippen LogP contribution in [0.1, 0.15) is 12.5 Å². The first kappa shape index (κ1) is 13.9. The zero-order valence-corrected chi connectivity index (χ0v) is 10.0. The number of anilines is 1. The van der Waals surface area contributed by atoms with Gasteiger partial charge in [0.1, 0.15) is 12.2 Å². The van der Waals surface area contributed by atoms with E-state index < -0.39 is 17.6 Å². The summed E-state index contributed by atoms with van der Waals surface area (Å²) in [6.45, 7) is 1.63. The number of methoxy groups -OCH3 is 1. The van der Waals surface area contributed by atoms with E-state index in [9.17, 15) is 13.6 Å². The maximum atomic E-state index is 13.7. The Labute approximate surface area is 103 Å². The Bertz CT molecular complexity index is 474. The van der Waals surface area contributed by atoms with E-state index >= 15 is 0 Å². The second-order valence-electron chi connectivity index (χ2n) is 3.49. The van der Waals surface area contributed by atoms with Crippen molar-refractivity contribution in [1.82, 2.24) is 0 Å². The highest BCUT2D eigenvalue weighted by molar-refractivity contribution is 5.76. The van der Waals surface area contributed by atoms with Crippen molar-refractivity contribution in [2.24, 2.45) is 0 Å². The lowest BCUT2D eigenvalue weighted by Gasteiger charge is -2.22. The summed E-state index contributed by atoms with van der Waals surface area (Å²) in [5.74, 6) is -2.35. The molecule has 0 aliphatic carbocycles. The zero-order chi connectivity index (χ0) is 13.7. The van der Waals surface area contributed by atoms with Crippen molar-refractivity contribution in [3.05, 3.63) is 29.3 Å². The lowest BCUT2D eigenvalue weighted by atomic mass is 10.2. The van der Waals surface area contributed by atoms with E-state index in [0.717, 1.165) is 12.1 Å². The predicted octanol–water partition coefficient (Wildman–Crippen LogP) is 1.84. The number of benzene rings is 1. The molecule has 0 heterocycles. The Morgan fingerprint density at radius 1 is 1.44 bits per heavy atom. The molecule has 4 nitrogen and oxygen atoms in total. The van der Waals surface area contributed by atoms with E-state index in [2.05, 4.69) is 4.74 Å². The molecule has 1 rings (SSSR count). The van der Waals surface area contributed by atoms with Crippen LogP contribution in [0.4, 0.5) is 14.5 Å². The van der Waals surface area contributed by atoms with Crippen molar-refractivity contribution in [3.8, 4) is 6.07 Å². The van der Waals surface area contributed by atoms with Crippen molar-refractivity contribution in [1.29, 1.82) is 5.26 Å². The number of hydrogen-bond donors (Lipinski definition) is 0. The third-order valence-electron chi connectivity index (χ3n) is 2.39. The van der Waals surface area contributed by atoms with E-state index in [1.165, 1.54) is 12.0 Å². The van der Waals surface area contributed by atoms with Gasteiger partial charge in [-0.25, -0.2) is 8.78 Å². The normalized spacial score (nSPS) is 9.72. The predicted molar refractivity (Wildman–Crippen MR) is 61.0 cm³/mol. The third kappa shape index (κ3) is 2.94. The molecule has 0 aliphatic heterocycles. The van der Waals surface area contributed by atoms with Gasteiger partial charge >= 0.3 is 5.97 Å². The van der Waals surface area contributed by atoms with Gasteiger partial charge in [-0.2, -0.15) is 5.26 Å². The lowest BCUT2D eigenvalue weighted by molar-refractivity contribution is -0.138. The number of likely N-dealkylation sites (N-methyl/N-ethyl adjacent to an activating group) is 1. The highest BCUT2D eigenvalue weighted by Gasteiger charge is 2.19. The highest BCUT2D eigenvalue weighted by Crippen LogP contribution is 2.24. The first-order valence-corrected chi connectivity index (χ1v) is 5.24. The average Bonchev–Trinajstić information content (AvgIpc) is 2.35. The maximum absolute atomic E-state index is 13.7. The van der Waals surface area contributed by atoms with Crippen LogP contribution in [-0.2, 0) is 9.53 Å². The van der Waals surface area contributed by atoms with Crippen LogP contribution >= 0.6 is 0 Å². The smallest absolute Gasteiger partial charge is 0.325 e. The number of hydrogen-bond acceptors (Lipinski definition) is 4. The minimum absolute atomic E-state index is 0.108. The van der Waals surface area contributed by atoms with Crippen molar-refractivity contribution < 1.29 is 18.3 Å². The molecule has 1 aromatic rings. The summed E-state index contributed by atoms with van der Waals surface area (Å²) in [4.78, 5) is 12.3. The van der Waals surface area contributed by atoms with Crippen molar-refractivity contribution in [3.63, 3.8) is 0 Å². The number of carbonyl (C=O) groups excluding carboxylic acids is 1. The Morgan fingerprint density at radius 3 is 2.39 bits per heavy atom. The molecule has 0 fully saturated rings. The van der Waals surface area contributed by atoms with Crippen LogP contribution in [0, 0.1) is 23.0 Å². The molecule has 0 atom stereocenters. The summed E-state index contributed by atoms with van der Waals surface area (Å²) >= 11 is 0. The van der Waals surface area contributed by atoms with E-state index in [4.69, 9.17) is 5.26 Å². The maximum Gasteiger partial charge on any atom is 0.325 e. The van der Waals surface area contributed by atoms with Crippen LogP contribution in [0.25, 0.3) is 0 Å². The number of halogens is 2. The molecule has 0 spiro atoms. The first-order chi connectivity index (χ1) is 8.53. The lowest BCUT2D eigenvalue weighted by Crippen LogP contribution is -2.31. The number of esters is 1. The number of nitriles is 1. The summed E-state index contributed by atoms with van der Waals surface area (Å²) in [6.07, 6.45) is 0. The first-order valence-electron chi connectivity index (χ1n) is 5.24. The van der Waals surface area contributed by atoms with Gasteiger partial charge < -0.3 is 9.64 Å². The molecule has 0 N–H and O–H groups in total. The molecule has 0 saturated carbocycles. The van der Waals surface area contributed by atoms with Crippen molar-refractivity contribution >= 4 is 11.7 Å². The number of nitrogens with zero attached hydrogens (tertiary/aromatic N) is 2. The van der Waals surface area contributed by atoms with E-state index in [1.54, 1.807) is 13.0 Å². The van der Waals surface area contributed by atoms with Gasteiger partial charge in [-0.05, 0) is 19.1 Å². The van der Waals surface area contributed by atoms with Gasteiger partial charge in [-0.3, -0.25) is 4.79 Å². The fourth-order valence-corrected chi connectivity index (χ4v) is 1.50. The molecular weight excluding hydrogens is 242 g/mol. The molecule has 18 heavy (non-hydrogen) atoms. The Hall–Kier alpha value is -2.16. The van der Waals surface area contributed by atoms with Gasteiger partial charge in [-0.15, -0.1) is 0 Å². The summed E-state index contributed by atoms with van der Waals surface area (Å²) < 4.78 is 31.9. The Balaban J connectivity index is 3.14. The SMILES string of the molecule is CCN(CC(=O)OC)c1c(F)cc(C#N)cc1F. The second-order valence-corrected chi connectivity index (χ2v) is 3.49. The minimum Gasteiger partial charge on any atom is -0.468 e. The molecule has 0 unspecified atom stereocenters. The van der Waals surface area contributed by atoms with Crippen LogP contribution < -0.4 is 4.90 Å². The molecule has 0 amide bonds. The standard InChI is InChI=1S/C12H12F2N2O2/c1-3-16(7-11(17)18-2)12-9(13)4-8(6-15)5-10(12)14/h4-5H,3,7H2,1-2H3. The highest BCUT2D eigenvalue weighted by atomic mass is 19.1. The molecule has 0 aliphatic rings. The van der Waals surface area contributed by atoms with Gasteiger partial charge in [0.05, 0.1) is 18.7 Å². The van der Waals surface area contributed by atoms with Crippen LogP contribution in [0.15, 0.2) is 12.1 Å². The fourth-order valence-electron chi connectivity index (χ4n) is 1.50. The average molecular weight is 254 g/mol. The fraction of sp³-hybridized carbons (Fsp3) is 0.333. The molecule has 96 valence electrons. The molecule has 0 radical (unpaired) electrons. The van der Waals surface area contributed by atoms with Crippen LogP contribution in [0.2, 0.25) is 0 Å². The topological polar surface area (TPSA) is 53.3 Å². The Morgan fingerprint density at radius 2 is 2.00 bits per heavy atom. The minimum atomic E-state index is -0.877. The van der Waals surface area contributed by atoms with Gasteiger partial charge in [0.25, 0.3) is 0 Å². The molecule has 6 heteroatoms. The number of carbonyl (C=O) groups is 1. The quantitative estimate of drug-likeness (QED) is 0.769. The van der Waals surface area contributed by atoms with Gasteiger partial charge in [0.2, 0.25) is 0 Å². The second kappa shape index (κ2) is 5.96. The van der Waals surface area contributed by atoms with Crippen molar-refractivity contribution in [2.75, 3.05) is 25.1 Å². The molecule has 1 aromatic carbocycles. The molecule has 0 saturated heterocycles. The summed E-state index contributed by atoms with van der Waals surface area (Å²) in [5, 5.41) is 8.59. The molecular formula is C12H12F2N2O2. The van der Waals surface area contributed by atoms with Crippen LogP contribution in [-0.4, -0.2) is 26.2 Å². The Kier molecular flexibility index (Phi) is 4.60. The van der Waals surface area contributed by atoms with E-state index in [1.807, 2.05) is 0 Å². The van der Waals surface area contributed by atoms with Gasteiger partial charge in [0, 0.05) is 6.54 Å². The zero-order valence-electron chi connectivity index (χ0n) is 10.0.